The van der Waals surface area contributed by atoms with Crippen molar-refractivity contribution >= 4 is 26.0 Å². The summed E-state index contributed by atoms with van der Waals surface area (Å²) in [6.45, 7) is 5.23. The lowest BCUT2D eigenvalue weighted by molar-refractivity contribution is 0.267. The van der Waals surface area contributed by atoms with Crippen LogP contribution in [0.3, 0.4) is 0 Å². The van der Waals surface area contributed by atoms with E-state index < -0.39 is 20.7 Å². The van der Waals surface area contributed by atoms with Gasteiger partial charge in [0.2, 0.25) is 10.0 Å². The lowest BCUT2D eigenvalue weighted by Crippen LogP contribution is -2.15. The van der Waals surface area contributed by atoms with Crippen LogP contribution in [-0.2, 0) is 10.0 Å². The molecule has 0 bridgehead atoms. The van der Waals surface area contributed by atoms with Crippen molar-refractivity contribution in [2.75, 3.05) is 0 Å². The maximum Gasteiger partial charge on any atom is 0.241 e. The van der Waals surface area contributed by atoms with Crippen molar-refractivity contribution in [2.24, 2.45) is 5.14 Å². The fraction of sp³-hybridized carbons (Fsp3) is 0.200. The molecule has 1 aromatic rings. The van der Waals surface area contributed by atoms with Crippen molar-refractivity contribution in [1.29, 1.82) is 0 Å². The zero-order valence-corrected chi connectivity index (χ0v) is 11.4. The van der Waals surface area contributed by atoms with Crippen LogP contribution in [0.2, 0.25) is 0 Å². The van der Waals surface area contributed by atoms with E-state index in [0.717, 1.165) is 12.1 Å². The number of hydrogen-bond donors (Lipinski definition) is 1. The molecule has 17 heavy (non-hydrogen) atoms. The summed E-state index contributed by atoms with van der Waals surface area (Å²) in [6, 6.07) is 2.03. The van der Waals surface area contributed by atoms with Gasteiger partial charge in [0, 0.05) is 6.07 Å². The quantitative estimate of drug-likeness (QED) is 0.863. The molecule has 0 aliphatic rings. The summed E-state index contributed by atoms with van der Waals surface area (Å²) < 4.78 is 41.2. The van der Waals surface area contributed by atoms with Crippen LogP contribution < -0.4 is 9.88 Å². The molecule has 0 radical (unpaired) electrons. The number of sulfonamides is 1. The third-order valence-electron chi connectivity index (χ3n) is 1.94. The number of benzene rings is 1. The van der Waals surface area contributed by atoms with E-state index in [1.807, 2.05) is 0 Å². The molecule has 0 heterocycles. The number of primary sulfonamides is 1. The Morgan fingerprint density at radius 3 is 2.65 bits per heavy atom. The molecule has 1 aromatic carbocycles. The Kier molecular flexibility index (Phi) is 4.29. The molecule has 1 unspecified atom stereocenters. The summed E-state index contributed by atoms with van der Waals surface area (Å²) in [4.78, 5) is -0.581. The number of nitrogens with two attached hydrogens (primary N) is 1. The van der Waals surface area contributed by atoms with Gasteiger partial charge in [0.1, 0.15) is 22.6 Å². The molecule has 94 valence electrons. The molecule has 1 rings (SSSR count). The van der Waals surface area contributed by atoms with Gasteiger partial charge in [-0.2, -0.15) is 0 Å². The standard InChI is InChI=1S/C10H11BrFNO3S/c1-3-6(2)16-9-5-8(12)10(4-7(9)11)17(13,14)15/h3-6H,1H2,2H3,(H2,13,14,15). The highest BCUT2D eigenvalue weighted by atomic mass is 79.9. The molecule has 0 saturated heterocycles. The fourth-order valence-corrected chi connectivity index (χ4v) is 2.27. The summed E-state index contributed by atoms with van der Waals surface area (Å²) in [7, 11) is -4.09. The van der Waals surface area contributed by atoms with Crippen molar-refractivity contribution in [1.82, 2.24) is 0 Å². The monoisotopic (exact) mass is 323 g/mol. The van der Waals surface area contributed by atoms with Crippen LogP contribution in [0.4, 0.5) is 4.39 Å². The van der Waals surface area contributed by atoms with Gasteiger partial charge in [0.25, 0.3) is 0 Å². The fourth-order valence-electron chi connectivity index (χ4n) is 1.07. The summed E-state index contributed by atoms with van der Waals surface area (Å²) >= 11 is 3.09. The Morgan fingerprint density at radius 1 is 1.59 bits per heavy atom. The van der Waals surface area contributed by atoms with E-state index in [-0.39, 0.29) is 11.9 Å². The van der Waals surface area contributed by atoms with Crippen LogP contribution in [0.1, 0.15) is 6.92 Å². The van der Waals surface area contributed by atoms with Crippen molar-refractivity contribution in [3.8, 4) is 5.75 Å². The van der Waals surface area contributed by atoms with Crippen LogP contribution in [0.25, 0.3) is 0 Å². The van der Waals surface area contributed by atoms with Gasteiger partial charge in [0.05, 0.1) is 4.47 Å². The zero-order valence-electron chi connectivity index (χ0n) is 8.98. The molecule has 0 aromatic heterocycles. The van der Waals surface area contributed by atoms with Crippen LogP contribution in [0, 0.1) is 5.82 Å². The van der Waals surface area contributed by atoms with E-state index >= 15 is 0 Å². The average Bonchev–Trinajstić information content (AvgIpc) is 2.21. The number of rotatable bonds is 4. The first-order valence-corrected chi connectivity index (χ1v) is 6.90. The van der Waals surface area contributed by atoms with Gasteiger partial charge in [-0.3, -0.25) is 0 Å². The van der Waals surface area contributed by atoms with Gasteiger partial charge in [-0.15, -0.1) is 0 Å². The molecule has 0 amide bonds. The first-order chi connectivity index (χ1) is 7.75. The third-order valence-corrected chi connectivity index (χ3v) is 3.48. The maximum absolute atomic E-state index is 13.5. The lowest BCUT2D eigenvalue weighted by Gasteiger charge is -2.13. The molecule has 0 saturated carbocycles. The van der Waals surface area contributed by atoms with Crippen LogP contribution in [-0.4, -0.2) is 14.5 Å². The molecular formula is C10H11BrFNO3S. The van der Waals surface area contributed by atoms with Gasteiger partial charge in [-0.25, -0.2) is 17.9 Å². The van der Waals surface area contributed by atoms with Crippen molar-refractivity contribution in [3.63, 3.8) is 0 Å². The zero-order chi connectivity index (χ0) is 13.2. The Morgan fingerprint density at radius 2 is 2.18 bits per heavy atom. The molecule has 0 fully saturated rings. The topological polar surface area (TPSA) is 69.4 Å². The van der Waals surface area contributed by atoms with Crippen molar-refractivity contribution in [2.45, 2.75) is 17.9 Å². The van der Waals surface area contributed by atoms with E-state index in [4.69, 9.17) is 9.88 Å². The van der Waals surface area contributed by atoms with Gasteiger partial charge >= 0.3 is 0 Å². The number of ether oxygens (including phenoxy) is 1. The first-order valence-electron chi connectivity index (χ1n) is 4.56. The third kappa shape index (κ3) is 3.52. The van der Waals surface area contributed by atoms with E-state index in [1.165, 1.54) is 6.08 Å². The van der Waals surface area contributed by atoms with Crippen LogP contribution >= 0.6 is 15.9 Å². The van der Waals surface area contributed by atoms with Gasteiger partial charge in [-0.1, -0.05) is 12.7 Å². The largest absolute Gasteiger partial charge is 0.485 e. The molecular weight excluding hydrogens is 313 g/mol. The van der Waals surface area contributed by atoms with E-state index in [9.17, 15) is 12.8 Å². The Balaban J connectivity index is 3.23. The second-order valence-corrected chi connectivity index (χ2v) is 5.70. The predicted molar refractivity (Wildman–Crippen MR) is 65.8 cm³/mol. The van der Waals surface area contributed by atoms with E-state index in [0.29, 0.717) is 4.47 Å². The molecule has 0 spiro atoms. The normalized spacial score (nSPS) is 13.2. The second-order valence-electron chi connectivity index (χ2n) is 3.32. The molecule has 4 nitrogen and oxygen atoms in total. The molecule has 7 heteroatoms. The van der Waals surface area contributed by atoms with Gasteiger partial charge < -0.3 is 4.74 Å². The highest BCUT2D eigenvalue weighted by Gasteiger charge is 2.18. The summed E-state index contributed by atoms with van der Waals surface area (Å²) in [5.41, 5.74) is 0. The molecule has 2 N–H and O–H groups in total. The maximum atomic E-state index is 13.5. The summed E-state index contributed by atoms with van der Waals surface area (Å²) in [5, 5.41) is 4.86. The predicted octanol–water partition coefficient (Wildman–Crippen LogP) is 2.19. The number of halogens is 2. The average molecular weight is 324 g/mol. The van der Waals surface area contributed by atoms with E-state index in [2.05, 4.69) is 22.5 Å². The van der Waals surface area contributed by atoms with E-state index in [1.54, 1.807) is 6.92 Å². The smallest absolute Gasteiger partial charge is 0.241 e. The lowest BCUT2D eigenvalue weighted by atomic mass is 10.3. The van der Waals surface area contributed by atoms with Crippen LogP contribution in [0.5, 0.6) is 5.75 Å². The minimum Gasteiger partial charge on any atom is -0.485 e. The Hall–Kier alpha value is -0.920. The molecule has 0 aliphatic carbocycles. The molecule has 1 atom stereocenters. The highest BCUT2D eigenvalue weighted by Crippen LogP contribution is 2.30. The highest BCUT2D eigenvalue weighted by molar-refractivity contribution is 9.10. The molecule has 0 aliphatic heterocycles. The van der Waals surface area contributed by atoms with Gasteiger partial charge in [0.15, 0.2) is 0 Å². The van der Waals surface area contributed by atoms with Gasteiger partial charge in [-0.05, 0) is 28.9 Å². The van der Waals surface area contributed by atoms with Crippen molar-refractivity contribution < 1.29 is 17.5 Å². The summed E-state index contributed by atoms with van der Waals surface area (Å²) in [5.74, 6) is -0.774. The van der Waals surface area contributed by atoms with Crippen LogP contribution in [0.15, 0.2) is 34.2 Å². The second kappa shape index (κ2) is 5.16. The Bertz CT molecular complexity index is 545. The Labute approximate surface area is 107 Å². The summed E-state index contributed by atoms with van der Waals surface area (Å²) in [6.07, 6.45) is 1.20. The minimum absolute atomic E-state index is 0.183. The van der Waals surface area contributed by atoms with Crippen molar-refractivity contribution in [3.05, 3.63) is 35.1 Å². The first kappa shape index (κ1) is 14.1. The number of hydrogen-bond acceptors (Lipinski definition) is 3. The SMILES string of the molecule is C=CC(C)Oc1cc(F)c(S(N)(=O)=O)cc1Br. The minimum atomic E-state index is -4.09.